The summed E-state index contributed by atoms with van der Waals surface area (Å²) in [5.74, 6) is 0.986. The minimum Gasteiger partial charge on any atom is -0.357 e. The number of alkyl halides is 3. The van der Waals surface area contributed by atoms with Crippen LogP contribution < -0.4 is 10.6 Å². The van der Waals surface area contributed by atoms with E-state index in [1.54, 1.807) is 0 Å². The lowest BCUT2D eigenvalue weighted by Gasteiger charge is -2.31. The third-order valence-corrected chi connectivity index (χ3v) is 4.44. The zero-order valence-corrected chi connectivity index (χ0v) is 17.1. The number of hydrogen-bond donors (Lipinski definition) is 2. The van der Waals surface area contributed by atoms with Crippen LogP contribution in [0, 0.1) is 12.8 Å². The molecule has 0 saturated heterocycles. The summed E-state index contributed by atoms with van der Waals surface area (Å²) in [6.45, 7) is 4.86. The Morgan fingerprint density at radius 3 is 2.36 bits per heavy atom. The molecule has 1 aromatic heterocycles. The van der Waals surface area contributed by atoms with E-state index in [1.165, 1.54) is 0 Å². The largest absolute Gasteiger partial charge is 0.391 e. The molecule has 1 saturated carbocycles. The topological polar surface area (TPSA) is 67.1 Å². The van der Waals surface area contributed by atoms with Crippen LogP contribution in [-0.4, -0.2) is 39.5 Å². The maximum atomic E-state index is 12.7. The molecule has 0 spiro atoms. The third-order valence-electron chi connectivity index (χ3n) is 4.44. The van der Waals surface area contributed by atoms with Crippen LogP contribution in [0.25, 0.3) is 0 Å². The highest BCUT2D eigenvalue weighted by atomic mass is 127. The fourth-order valence-electron chi connectivity index (χ4n) is 2.82. The van der Waals surface area contributed by atoms with E-state index in [1.807, 2.05) is 25.5 Å². The Morgan fingerprint density at radius 2 is 1.88 bits per heavy atom. The molecule has 144 valence electrons. The fraction of sp³-hybridized carbons (Fsp3) is 0.800. The second kappa shape index (κ2) is 9.58. The van der Waals surface area contributed by atoms with Gasteiger partial charge in [-0.05, 0) is 39.5 Å². The van der Waals surface area contributed by atoms with Gasteiger partial charge in [-0.3, -0.25) is 0 Å². The van der Waals surface area contributed by atoms with Crippen LogP contribution in [-0.2, 0) is 13.6 Å². The number of halogens is 4. The van der Waals surface area contributed by atoms with Crippen molar-refractivity contribution >= 4 is 29.9 Å². The lowest BCUT2D eigenvalue weighted by Crippen LogP contribution is -2.45. The molecule has 25 heavy (non-hydrogen) atoms. The van der Waals surface area contributed by atoms with Crippen LogP contribution in [0.1, 0.15) is 44.3 Å². The summed E-state index contributed by atoms with van der Waals surface area (Å²) in [6.07, 6.45) is -2.74. The second-order valence-electron chi connectivity index (χ2n) is 6.15. The Bertz CT molecular complexity index is 564. The number of guanidine groups is 1. The molecule has 10 heteroatoms. The van der Waals surface area contributed by atoms with Gasteiger partial charge >= 0.3 is 6.18 Å². The molecule has 0 radical (unpaired) electrons. The van der Waals surface area contributed by atoms with E-state index < -0.39 is 12.1 Å². The first kappa shape index (κ1) is 22.0. The van der Waals surface area contributed by atoms with Gasteiger partial charge in [0.2, 0.25) is 0 Å². The summed E-state index contributed by atoms with van der Waals surface area (Å²) in [5, 5.41) is 14.4. The van der Waals surface area contributed by atoms with Crippen LogP contribution in [0.15, 0.2) is 4.99 Å². The summed E-state index contributed by atoms with van der Waals surface area (Å²) in [6, 6.07) is 0.0163. The number of nitrogens with one attached hydrogen (secondary N) is 2. The highest BCUT2D eigenvalue weighted by Gasteiger charge is 2.41. The van der Waals surface area contributed by atoms with E-state index in [0.717, 1.165) is 11.6 Å². The van der Waals surface area contributed by atoms with Crippen molar-refractivity contribution in [1.82, 2.24) is 25.4 Å². The molecule has 2 rings (SSSR count). The van der Waals surface area contributed by atoms with Crippen molar-refractivity contribution in [3.8, 4) is 0 Å². The van der Waals surface area contributed by atoms with Crippen molar-refractivity contribution in [3.05, 3.63) is 11.6 Å². The first-order valence-corrected chi connectivity index (χ1v) is 8.27. The quantitative estimate of drug-likeness (QED) is 0.400. The third kappa shape index (κ3) is 6.30. The van der Waals surface area contributed by atoms with Gasteiger partial charge in [0.15, 0.2) is 11.8 Å². The molecule has 0 amide bonds. The number of aryl methyl sites for hydroxylation is 1. The van der Waals surface area contributed by atoms with Gasteiger partial charge in [0.1, 0.15) is 12.4 Å². The Hall–Kier alpha value is -1.07. The summed E-state index contributed by atoms with van der Waals surface area (Å²) >= 11 is 0. The Labute approximate surface area is 163 Å². The Kier molecular flexibility index (Phi) is 8.42. The van der Waals surface area contributed by atoms with Gasteiger partial charge < -0.3 is 15.2 Å². The maximum absolute atomic E-state index is 12.7. The molecule has 1 aliphatic carbocycles. The van der Waals surface area contributed by atoms with E-state index in [2.05, 4.69) is 25.8 Å². The van der Waals surface area contributed by atoms with Gasteiger partial charge in [-0.15, -0.1) is 34.2 Å². The summed E-state index contributed by atoms with van der Waals surface area (Å²) in [5.41, 5.74) is 0. The molecule has 1 fully saturated rings. The van der Waals surface area contributed by atoms with Crippen molar-refractivity contribution in [2.45, 2.75) is 58.3 Å². The Morgan fingerprint density at radius 1 is 1.24 bits per heavy atom. The lowest BCUT2D eigenvalue weighted by atomic mass is 9.85. The number of aromatic nitrogens is 3. The van der Waals surface area contributed by atoms with E-state index in [0.29, 0.717) is 31.9 Å². The molecule has 0 bridgehead atoms. The van der Waals surface area contributed by atoms with Gasteiger partial charge in [-0.1, -0.05) is 0 Å². The highest BCUT2D eigenvalue weighted by molar-refractivity contribution is 14.0. The van der Waals surface area contributed by atoms with E-state index in [4.69, 9.17) is 0 Å². The van der Waals surface area contributed by atoms with Crippen molar-refractivity contribution in [3.63, 3.8) is 0 Å². The van der Waals surface area contributed by atoms with Crippen molar-refractivity contribution in [2.75, 3.05) is 6.54 Å². The summed E-state index contributed by atoms with van der Waals surface area (Å²) < 4.78 is 40.0. The van der Waals surface area contributed by atoms with Crippen molar-refractivity contribution in [2.24, 2.45) is 18.0 Å². The first-order chi connectivity index (χ1) is 11.3. The number of hydrogen-bond acceptors (Lipinski definition) is 3. The van der Waals surface area contributed by atoms with E-state index >= 15 is 0 Å². The maximum Gasteiger partial charge on any atom is 0.391 e. The fourth-order valence-corrected chi connectivity index (χ4v) is 2.82. The number of aliphatic imine (C=N–C) groups is 1. The summed E-state index contributed by atoms with van der Waals surface area (Å²) in [4.78, 5) is 4.47. The minimum atomic E-state index is -4.08. The molecular weight excluding hydrogens is 448 g/mol. The van der Waals surface area contributed by atoms with Gasteiger partial charge in [-0.2, -0.15) is 13.2 Å². The van der Waals surface area contributed by atoms with Crippen LogP contribution in [0.5, 0.6) is 0 Å². The highest BCUT2D eigenvalue weighted by Crippen LogP contribution is 2.37. The number of nitrogens with zero attached hydrogens (tertiary/aromatic N) is 4. The molecule has 0 unspecified atom stereocenters. The van der Waals surface area contributed by atoms with Gasteiger partial charge in [0, 0.05) is 19.6 Å². The molecule has 6 nitrogen and oxygen atoms in total. The van der Waals surface area contributed by atoms with Crippen LogP contribution in [0.3, 0.4) is 0 Å². The summed E-state index contributed by atoms with van der Waals surface area (Å²) in [7, 11) is 1.87. The predicted octanol–water partition coefficient (Wildman–Crippen LogP) is 2.92. The van der Waals surface area contributed by atoms with E-state index in [9.17, 15) is 13.2 Å². The molecule has 1 aliphatic rings. The average molecular weight is 474 g/mol. The zero-order valence-electron chi connectivity index (χ0n) is 14.7. The van der Waals surface area contributed by atoms with Gasteiger partial charge in [0.25, 0.3) is 0 Å². The first-order valence-electron chi connectivity index (χ1n) is 8.27. The number of rotatable bonds is 4. The molecule has 0 atom stereocenters. The zero-order chi connectivity index (χ0) is 17.7. The normalized spacial score (nSPS) is 21.6. The monoisotopic (exact) mass is 474 g/mol. The predicted molar refractivity (Wildman–Crippen MR) is 101 cm³/mol. The van der Waals surface area contributed by atoms with Crippen LogP contribution in [0.4, 0.5) is 13.2 Å². The minimum absolute atomic E-state index is 0. The van der Waals surface area contributed by atoms with Gasteiger partial charge in [-0.25, -0.2) is 4.99 Å². The van der Waals surface area contributed by atoms with Crippen molar-refractivity contribution < 1.29 is 13.2 Å². The standard InChI is InChI=1S/C15H25F3N6.HI/c1-4-19-14(20-9-13-23-22-10(2)24(13)3)21-12-7-5-11(6-8-12)15(16,17)18;/h11-12H,4-9H2,1-3H3,(H2,19,20,21);1H. The SMILES string of the molecule is CCNC(=NCc1nnc(C)n1C)NC1CCC(C(F)(F)F)CC1.I. The van der Waals surface area contributed by atoms with Crippen LogP contribution >= 0.6 is 24.0 Å². The smallest absolute Gasteiger partial charge is 0.357 e. The van der Waals surface area contributed by atoms with Crippen LogP contribution in [0.2, 0.25) is 0 Å². The lowest BCUT2D eigenvalue weighted by molar-refractivity contribution is -0.182. The van der Waals surface area contributed by atoms with Crippen molar-refractivity contribution in [1.29, 1.82) is 0 Å². The molecule has 0 aliphatic heterocycles. The van der Waals surface area contributed by atoms with E-state index in [-0.39, 0.29) is 42.9 Å². The molecule has 2 N–H and O–H groups in total. The molecule has 1 aromatic rings. The van der Waals surface area contributed by atoms with Gasteiger partial charge in [0.05, 0.1) is 5.92 Å². The molecule has 1 heterocycles. The second-order valence-corrected chi connectivity index (χ2v) is 6.15. The average Bonchev–Trinajstić information content (AvgIpc) is 2.84. The molecule has 0 aromatic carbocycles. The molecular formula is C15H26F3IN6. The Balaban J connectivity index is 0.00000312.